The van der Waals surface area contributed by atoms with E-state index in [1.807, 2.05) is 0 Å². The standard InChI is InChI=1S/C15H25NO3S2/c1-19-7-6-16-10-14(3-2-13-4-8-20-11-13)15-5-9-21(17,18)12-15/h4,8,11,14-16H,2-3,5-7,9-10,12H2,1H3. The van der Waals surface area contributed by atoms with Gasteiger partial charge in [-0.3, -0.25) is 0 Å². The summed E-state index contributed by atoms with van der Waals surface area (Å²) < 4.78 is 28.5. The summed E-state index contributed by atoms with van der Waals surface area (Å²) >= 11 is 1.72. The molecule has 21 heavy (non-hydrogen) atoms. The predicted octanol–water partition coefficient (Wildman–Crippen LogP) is 1.97. The van der Waals surface area contributed by atoms with Crippen molar-refractivity contribution in [3.05, 3.63) is 22.4 Å². The van der Waals surface area contributed by atoms with Gasteiger partial charge in [0.05, 0.1) is 18.1 Å². The molecule has 1 fully saturated rings. The highest BCUT2D eigenvalue weighted by Gasteiger charge is 2.33. The molecule has 120 valence electrons. The Bertz CT molecular complexity index is 499. The molecule has 1 aliphatic heterocycles. The minimum Gasteiger partial charge on any atom is -0.383 e. The van der Waals surface area contributed by atoms with Crippen LogP contribution in [0.15, 0.2) is 16.8 Å². The monoisotopic (exact) mass is 331 g/mol. The van der Waals surface area contributed by atoms with Gasteiger partial charge in [-0.2, -0.15) is 11.3 Å². The molecule has 1 aromatic heterocycles. The molecule has 2 atom stereocenters. The Labute approximate surface area is 131 Å². The van der Waals surface area contributed by atoms with E-state index in [1.54, 1.807) is 18.4 Å². The zero-order chi connectivity index (χ0) is 15.1. The molecule has 0 saturated carbocycles. The molecule has 1 saturated heterocycles. The lowest BCUT2D eigenvalue weighted by Crippen LogP contribution is -2.31. The highest BCUT2D eigenvalue weighted by Crippen LogP contribution is 2.29. The average Bonchev–Trinajstić information content (AvgIpc) is 3.07. The first-order chi connectivity index (χ1) is 10.1. The second kappa shape index (κ2) is 8.27. The van der Waals surface area contributed by atoms with Crippen molar-refractivity contribution in [2.24, 2.45) is 11.8 Å². The Morgan fingerprint density at radius 1 is 1.52 bits per heavy atom. The van der Waals surface area contributed by atoms with Crippen LogP contribution in [-0.4, -0.2) is 46.7 Å². The Morgan fingerprint density at radius 2 is 2.38 bits per heavy atom. The van der Waals surface area contributed by atoms with Crippen LogP contribution in [0.3, 0.4) is 0 Å². The number of nitrogens with one attached hydrogen (secondary N) is 1. The van der Waals surface area contributed by atoms with E-state index in [0.717, 1.165) is 32.4 Å². The number of rotatable bonds is 9. The van der Waals surface area contributed by atoms with E-state index in [1.165, 1.54) is 5.56 Å². The van der Waals surface area contributed by atoms with Gasteiger partial charge in [-0.15, -0.1) is 0 Å². The van der Waals surface area contributed by atoms with E-state index in [-0.39, 0.29) is 0 Å². The quantitative estimate of drug-likeness (QED) is 0.703. The number of hydrogen-bond donors (Lipinski definition) is 1. The Hall–Kier alpha value is -0.430. The average molecular weight is 332 g/mol. The topological polar surface area (TPSA) is 55.4 Å². The van der Waals surface area contributed by atoms with E-state index in [2.05, 4.69) is 22.1 Å². The lowest BCUT2D eigenvalue weighted by molar-refractivity contribution is 0.195. The molecule has 2 heterocycles. The van der Waals surface area contributed by atoms with E-state index in [0.29, 0.717) is 29.9 Å². The lowest BCUT2D eigenvalue weighted by Gasteiger charge is -2.23. The van der Waals surface area contributed by atoms with Crippen LogP contribution in [0.4, 0.5) is 0 Å². The number of thiophene rings is 1. The first kappa shape index (κ1) is 16.9. The fraction of sp³-hybridized carbons (Fsp3) is 0.733. The van der Waals surface area contributed by atoms with Gasteiger partial charge in [-0.1, -0.05) is 0 Å². The maximum Gasteiger partial charge on any atom is 0.150 e. The van der Waals surface area contributed by atoms with Gasteiger partial charge < -0.3 is 10.1 Å². The smallest absolute Gasteiger partial charge is 0.150 e. The molecular weight excluding hydrogens is 306 g/mol. The highest BCUT2D eigenvalue weighted by atomic mass is 32.2. The summed E-state index contributed by atoms with van der Waals surface area (Å²) in [5.41, 5.74) is 1.36. The molecule has 1 N–H and O–H groups in total. The van der Waals surface area contributed by atoms with E-state index in [4.69, 9.17) is 4.74 Å². The summed E-state index contributed by atoms with van der Waals surface area (Å²) in [6, 6.07) is 2.16. The van der Waals surface area contributed by atoms with Gasteiger partial charge >= 0.3 is 0 Å². The van der Waals surface area contributed by atoms with Crippen LogP contribution in [0.25, 0.3) is 0 Å². The SMILES string of the molecule is COCCNCC(CCc1ccsc1)C1CCS(=O)(=O)C1. The van der Waals surface area contributed by atoms with Crippen LogP contribution >= 0.6 is 11.3 Å². The van der Waals surface area contributed by atoms with Crippen LogP contribution in [0, 0.1) is 11.8 Å². The van der Waals surface area contributed by atoms with Crippen molar-refractivity contribution < 1.29 is 13.2 Å². The molecule has 0 bridgehead atoms. The van der Waals surface area contributed by atoms with Gasteiger partial charge in [0.15, 0.2) is 9.84 Å². The zero-order valence-electron chi connectivity index (χ0n) is 12.6. The summed E-state index contributed by atoms with van der Waals surface area (Å²) in [6.45, 7) is 2.40. The minimum atomic E-state index is -2.80. The molecule has 2 rings (SSSR count). The first-order valence-corrected chi connectivity index (χ1v) is 10.3. The van der Waals surface area contributed by atoms with Crippen LogP contribution in [0.1, 0.15) is 18.4 Å². The van der Waals surface area contributed by atoms with Gasteiger partial charge in [0.2, 0.25) is 0 Å². The van der Waals surface area contributed by atoms with Crippen LogP contribution in [0.5, 0.6) is 0 Å². The van der Waals surface area contributed by atoms with E-state index < -0.39 is 9.84 Å². The molecule has 0 aromatic carbocycles. The third kappa shape index (κ3) is 5.70. The summed E-state index contributed by atoms with van der Waals surface area (Å²) in [6.07, 6.45) is 2.91. The predicted molar refractivity (Wildman–Crippen MR) is 87.6 cm³/mol. The molecular formula is C15H25NO3S2. The molecule has 1 aliphatic rings. The largest absolute Gasteiger partial charge is 0.383 e. The van der Waals surface area contributed by atoms with Gasteiger partial charge in [-0.05, 0) is 60.0 Å². The highest BCUT2D eigenvalue weighted by molar-refractivity contribution is 7.91. The van der Waals surface area contributed by atoms with Crippen molar-refractivity contribution in [3.8, 4) is 0 Å². The van der Waals surface area contributed by atoms with Crippen molar-refractivity contribution in [2.45, 2.75) is 19.3 Å². The van der Waals surface area contributed by atoms with Crippen molar-refractivity contribution in [2.75, 3.05) is 38.3 Å². The van der Waals surface area contributed by atoms with Crippen molar-refractivity contribution in [1.82, 2.24) is 5.32 Å². The third-order valence-corrected chi connectivity index (χ3v) is 6.73. The number of sulfone groups is 1. The maximum absolute atomic E-state index is 11.7. The molecule has 0 amide bonds. The van der Waals surface area contributed by atoms with Crippen molar-refractivity contribution in [3.63, 3.8) is 0 Å². The number of methoxy groups -OCH3 is 1. The van der Waals surface area contributed by atoms with Crippen LogP contribution in [-0.2, 0) is 21.0 Å². The summed E-state index contributed by atoms with van der Waals surface area (Å²) in [7, 11) is -1.10. The van der Waals surface area contributed by atoms with Gasteiger partial charge in [-0.25, -0.2) is 8.42 Å². The zero-order valence-corrected chi connectivity index (χ0v) is 14.2. The Morgan fingerprint density at radius 3 is 3.00 bits per heavy atom. The first-order valence-electron chi connectivity index (χ1n) is 7.52. The number of ether oxygens (including phenoxy) is 1. The van der Waals surface area contributed by atoms with Crippen LogP contribution in [0.2, 0.25) is 0 Å². The number of hydrogen-bond acceptors (Lipinski definition) is 5. The second-order valence-electron chi connectivity index (χ2n) is 5.79. The summed E-state index contributed by atoms with van der Waals surface area (Å²) in [5.74, 6) is 1.47. The summed E-state index contributed by atoms with van der Waals surface area (Å²) in [5, 5.41) is 7.68. The minimum absolute atomic E-state index is 0.309. The fourth-order valence-corrected chi connectivity index (χ4v) is 5.57. The molecule has 2 unspecified atom stereocenters. The fourth-order valence-electron chi connectivity index (χ4n) is 2.95. The van der Waals surface area contributed by atoms with Crippen LogP contribution < -0.4 is 5.32 Å². The Kier molecular flexibility index (Phi) is 6.67. The van der Waals surface area contributed by atoms with Crippen molar-refractivity contribution in [1.29, 1.82) is 0 Å². The van der Waals surface area contributed by atoms with Gasteiger partial charge in [0.25, 0.3) is 0 Å². The van der Waals surface area contributed by atoms with E-state index in [9.17, 15) is 8.42 Å². The lowest BCUT2D eigenvalue weighted by atomic mass is 9.87. The summed E-state index contributed by atoms with van der Waals surface area (Å²) in [4.78, 5) is 0. The molecule has 1 aromatic rings. The third-order valence-electron chi connectivity index (χ3n) is 4.21. The van der Waals surface area contributed by atoms with E-state index >= 15 is 0 Å². The van der Waals surface area contributed by atoms with Gasteiger partial charge in [0, 0.05) is 13.7 Å². The van der Waals surface area contributed by atoms with Gasteiger partial charge in [0.1, 0.15) is 0 Å². The van der Waals surface area contributed by atoms with Crippen molar-refractivity contribution >= 4 is 21.2 Å². The Balaban J connectivity index is 1.86. The molecule has 4 nitrogen and oxygen atoms in total. The molecule has 0 radical (unpaired) electrons. The maximum atomic E-state index is 11.7. The molecule has 0 aliphatic carbocycles. The second-order valence-corrected chi connectivity index (χ2v) is 8.80. The molecule has 0 spiro atoms. The number of aryl methyl sites for hydroxylation is 1. The normalized spacial score (nSPS) is 22.4. The molecule has 6 heteroatoms.